The molecule has 2 aliphatic rings. The monoisotopic (exact) mass is 220 g/mol. The average Bonchev–Trinajstić information content (AvgIpc) is 2.95. The third-order valence-electron chi connectivity index (χ3n) is 4.11. The van der Waals surface area contributed by atoms with Gasteiger partial charge in [0.15, 0.2) is 0 Å². The molecule has 0 radical (unpaired) electrons. The molecule has 2 heterocycles. The van der Waals surface area contributed by atoms with Crippen LogP contribution in [0.2, 0.25) is 0 Å². The molecule has 3 rings (SSSR count). The molecule has 1 N–H and O–H groups in total. The van der Waals surface area contributed by atoms with Crippen molar-refractivity contribution in [3.8, 4) is 0 Å². The summed E-state index contributed by atoms with van der Waals surface area (Å²) in [6.07, 6.45) is 8.79. The Morgan fingerprint density at radius 2 is 2.00 bits per heavy atom. The molecule has 1 fully saturated rings. The van der Waals surface area contributed by atoms with Crippen LogP contribution in [-0.4, -0.2) is 14.7 Å². The van der Waals surface area contributed by atoms with Crippen LogP contribution in [0.25, 0.3) is 0 Å². The lowest BCUT2D eigenvalue weighted by Gasteiger charge is -2.15. The Labute approximate surface area is 96.5 Å². The molecule has 1 aliphatic carbocycles. The molecular weight excluding hydrogens is 200 g/mol. The van der Waals surface area contributed by atoms with Gasteiger partial charge >= 0.3 is 0 Å². The molecule has 1 aliphatic heterocycles. The van der Waals surface area contributed by atoms with Crippen LogP contribution in [0.4, 0.5) is 0 Å². The van der Waals surface area contributed by atoms with Crippen molar-refractivity contribution in [1.82, 2.24) is 9.55 Å². The second-order valence-corrected chi connectivity index (χ2v) is 5.11. The highest BCUT2D eigenvalue weighted by molar-refractivity contribution is 5.22. The van der Waals surface area contributed by atoms with Gasteiger partial charge < -0.3 is 9.67 Å². The molecule has 0 atom stereocenters. The molecular formula is C13H20N2O. The lowest BCUT2D eigenvalue weighted by Crippen LogP contribution is -2.13. The summed E-state index contributed by atoms with van der Waals surface area (Å²) in [6, 6.07) is 0. The van der Waals surface area contributed by atoms with Crippen molar-refractivity contribution in [2.45, 2.75) is 64.0 Å². The van der Waals surface area contributed by atoms with E-state index < -0.39 is 0 Å². The van der Waals surface area contributed by atoms with Crippen molar-refractivity contribution in [2.24, 2.45) is 0 Å². The highest BCUT2D eigenvalue weighted by atomic mass is 16.3. The molecule has 16 heavy (non-hydrogen) atoms. The summed E-state index contributed by atoms with van der Waals surface area (Å²) in [7, 11) is 0. The largest absolute Gasteiger partial charge is 0.390 e. The number of hydrogen-bond acceptors (Lipinski definition) is 2. The van der Waals surface area contributed by atoms with Crippen LogP contribution in [0.1, 0.15) is 61.7 Å². The summed E-state index contributed by atoms with van der Waals surface area (Å²) in [5.41, 5.74) is 2.33. The summed E-state index contributed by atoms with van der Waals surface area (Å²) >= 11 is 0. The van der Waals surface area contributed by atoms with Crippen molar-refractivity contribution in [3.05, 3.63) is 17.2 Å². The van der Waals surface area contributed by atoms with Crippen molar-refractivity contribution >= 4 is 0 Å². The third kappa shape index (κ3) is 1.58. The molecule has 3 nitrogen and oxygen atoms in total. The fourth-order valence-electron chi connectivity index (χ4n) is 3.26. The number of aliphatic hydroxyl groups excluding tert-OH is 1. The van der Waals surface area contributed by atoms with Gasteiger partial charge in [-0.1, -0.05) is 12.8 Å². The maximum Gasteiger partial charge on any atom is 0.109 e. The van der Waals surface area contributed by atoms with Gasteiger partial charge in [0, 0.05) is 18.9 Å². The summed E-state index contributed by atoms with van der Waals surface area (Å²) < 4.78 is 2.27. The smallest absolute Gasteiger partial charge is 0.109 e. The highest BCUT2D eigenvalue weighted by Crippen LogP contribution is 2.36. The van der Waals surface area contributed by atoms with Crippen LogP contribution < -0.4 is 0 Å². The zero-order valence-corrected chi connectivity index (χ0v) is 9.78. The van der Waals surface area contributed by atoms with Gasteiger partial charge in [-0.25, -0.2) is 4.98 Å². The standard InChI is InChI=1S/C13H20N2O/c16-9-11-13(10-5-1-2-6-10)14-12-7-3-4-8-15(11)12/h10,16H,1-9H2. The zero-order chi connectivity index (χ0) is 11.0. The SMILES string of the molecule is OCc1c(C2CCCC2)nc2n1CCCC2. The van der Waals surface area contributed by atoms with Crippen molar-refractivity contribution in [2.75, 3.05) is 0 Å². The predicted molar refractivity (Wildman–Crippen MR) is 62.3 cm³/mol. The molecule has 1 saturated carbocycles. The van der Waals surface area contributed by atoms with Crippen LogP contribution in [0.5, 0.6) is 0 Å². The molecule has 3 heteroatoms. The Morgan fingerprint density at radius 3 is 2.75 bits per heavy atom. The maximum absolute atomic E-state index is 9.56. The molecule has 88 valence electrons. The van der Waals surface area contributed by atoms with Crippen molar-refractivity contribution in [1.29, 1.82) is 0 Å². The fourth-order valence-corrected chi connectivity index (χ4v) is 3.26. The van der Waals surface area contributed by atoms with Crippen molar-refractivity contribution in [3.63, 3.8) is 0 Å². The molecule has 1 aromatic rings. The fraction of sp³-hybridized carbons (Fsp3) is 0.769. The van der Waals surface area contributed by atoms with Crippen LogP contribution >= 0.6 is 0 Å². The minimum Gasteiger partial charge on any atom is -0.390 e. The van der Waals surface area contributed by atoms with Gasteiger partial charge in [-0.05, 0) is 25.7 Å². The lowest BCUT2D eigenvalue weighted by atomic mass is 10.0. The van der Waals surface area contributed by atoms with Gasteiger partial charge in [0.2, 0.25) is 0 Å². The van der Waals surface area contributed by atoms with E-state index in [0.717, 1.165) is 18.7 Å². The highest BCUT2D eigenvalue weighted by Gasteiger charge is 2.26. The Kier molecular flexibility index (Phi) is 2.72. The first-order valence-corrected chi connectivity index (χ1v) is 6.59. The molecule has 1 aromatic heterocycles. The number of nitrogens with zero attached hydrogens (tertiary/aromatic N) is 2. The quantitative estimate of drug-likeness (QED) is 0.831. The predicted octanol–water partition coefficient (Wildman–Crippen LogP) is 2.37. The van der Waals surface area contributed by atoms with Gasteiger partial charge in [0.25, 0.3) is 0 Å². The number of imidazole rings is 1. The maximum atomic E-state index is 9.56. The minimum atomic E-state index is 0.166. The van der Waals surface area contributed by atoms with E-state index >= 15 is 0 Å². The average molecular weight is 220 g/mol. The first kappa shape index (κ1) is 10.3. The Morgan fingerprint density at radius 1 is 1.19 bits per heavy atom. The summed E-state index contributed by atoms with van der Waals surface area (Å²) in [5, 5.41) is 9.56. The Hall–Kier alpha value is -0.830. The van der Waals surface area contributed by atoms with Gasteiger partial charge in [0.1, 0.15) is 5.82 Å². The van der Waals surface area contributed by atoms with E-state index in [9.17, 15) is 5.11 Å². The topological polar surface area (TPSA) is 38.1 Å². The summed E-state index contributed by atoms with van der Waals surface area (Å²) in [5.74, 6) is 1.84. The minimum absolute atomic E-state index is 0.166. The van der Waals surface area contributed by atoms with Gasteiger partial charge in [-0.3, -0.25) is 0 Å². The van der Waals surface area contributed by atoms with E-state index in [2.05, 4.69) is 4.57 Å². The van der Waals surface area contributed by atoms with Crippen LogP contribution in [-0.2, 0) is 19.6 Å². The molecule has 0 amide bonds. The number of aryl methyl sites for hydroxylation is 1. The zero-order valence-electron chi connectivity index (χ0n) is 9.78. The van der Waals surface area contributed by atoms with E-state index in [1.165, 1.54) is 50.0 Å². The number of hydrogen-bond donors (Lipinski definition) is 1. The normalized spacial score (nSPS) is 21.3. The molecule has 0 unspecified atom stereocenters. The number of fused-ring (bicyclic) bond motifs is 1. The van der Waals surface area contributed by atoms with Crippen molar-refractivity contribution < 1.29 is 5.11 Å². The van der Waals surface area contributed by atoms with E-state index in [1.807, 2.05) is 0 Å². The first-order valence-electron chi connectivity index (χ1n) is 6.59. The van der Waals surface area contributed by atoms with Gasteiger partial charge in [-0.2, -0.15) is 0 Å². The number of aromatic nitrogens is 2. The Balaban J connectivity index is 1.99. The molecule has 0 saturated heterocycles. The third-order valence-corrected chi connectivity index (χ3v) is 4.11. The number of aliphatic hydroxyl groups is 1. The van der Waals surface area contributed by atoms with Crippen LogP contribution in [0, 0.1) is 0 Å². The van der Waals surface area contributed by atoms with Gasteiger partial charge in [0.05, 0.1) is 18.0 Å². The molecule has 0 spiro atoms. The second kappa shape index (κ2) is 4.21. The van der Waals surface area contributed by atoms with E-state index in [-0.39, 0.29) is 6.61 Å². The number of rotatable bonds is 2. The Bertz CT molecular complexity index is 378. The van der Waals surface area contributed by atoms with Crippen LogP contribution in [0.15, 0.2) is 0 Å². The summed E-state index contributed by atoms with van der Waals surface area (Å²) in [6.45, 7) is 1.23. The van der Waals surface area contributed by atoms with E-state index in [1.54, 1.807) is 0 Å². The van der Waals surface area contributed by atoms with Crippen LogP contribution in [0.3, 0.4) is 0 Å². The second-order valence-electron chi connectivity index (χ2n) is 5.11. The van der Waals surface area contributed by atoms with E-state index in [4.69, 9.17) is 4.98 Å². The molecule has 0 bridgehead atoms. The lowest BCUT2D eigenvalue weighted by molar-refractivity contribution is 0.266. The first-order chi connectivity index (χ1) is 7.90. The molecule has 0 aromatic carbocycles. The van der Waals surface area contributed by atoms with Gasteiger partial charge in [-0.15, -0.1) is 0 Å². The van der Waals surface area contributed by atoms with E-state index in [0.29, 0.717) is 5.92 Å². The summed E-state index contributed by atoms with van der Waals surface area (Å²) in [4.78, 5) is 4.81.